The molecule has 0 unspecified atom stereocenters. The van der Waals surface area contributed by atoms with Crippen LogP contribution in [-0.4, -0.2) is 31.6 Å². The van der Waals surface area contributed by atoms with Gasteiger partial charge in [-0.2, -0.15) is 0 Å². The summed E-state index contributed by atoms with van der Waals surface area (Å²) in [5, 5.41) is 3.43. The lowest BCUT2D eigenvalue weighted by Crippen LogP contribution is -2.54. The monoisotopic (exact) mass is 391 g/mol. The molecule has 4 bridgehead atoms. The second-order valence-electron chi connectivity index (χ2n) is 8.41. The van der Waals surface area contributed by atoms with E-state index in [1.165, 1.54) is 19.3 Å². The zero-order chi connectivity index (χ0) is 18.9. The van der Waals surface area contributed by atoms with Crippen LogP contribution < -0.4 is 10.1 Å². The molecule has 4 fully saturated rings. The van der Waals surface area contributed by atoms with Crippen molar-refractivity contribution in [2.45, 2.75) is 38.5 Å². The fraction of sp³-hybridized carbons (Fsp3) is 0.619. The molecule has 4 aliphatic carbocycles. The maximum Gasteiger partial charge on any atom is 0.325 e. The Labute approximate surface area is 164 Å². The van der Waals surface area contributed by atoms with Crippen molar-refractivity contribution in [1.82, 2.24) is 5.32 Å². The summed E-state index contributed by atoms with van der Waals surface area (Å²) in [5.41, 5.74) is -0.231. The van der Waals surface area contributed by atoms with Crippen LogP contribution in [0, 0.1) is 23.2 Å². The summed E-state index contributed by atoms with van der Waals surface area (Å²) in [7, 11) is 0. The number of nitrogens with one attached hydrogen (secondary N) is 1. The maximum absolute atomic E-state index is 12.8. The predicted octanol–water partition coefficient (Wildman–Crippen LogP) is 3.59. The van der Waals surface area contributed by atoms with E-state index in [2.05, 4.69) is 5.32 Å². The second kappa shape index (κ2) is 7.70. The van der Waals surface area contributed by atoms with Crippen molar-refractivity contribution in [3.05, 3.63) is 29.3 Å². The summed E-state index contributed by atoms with van der Waals surface area (Å²) in [6.45, 7) is 0.311. The molecule has 27 heavy (non-hydrogen) atoms. The Bertz CT molecular complexity index is 685. The molecule has 0 aliphatic heterocycles. The minimum absolute atomic E-state index is 0.0497. The highest BCUT2D eigenvalue weighted by Gasteiger charge is 2.54. The SMILES string of the molecule is O=C(CNC(=O)C12CC3CC(CC(C3)C1)C2)OCCOc1cccc(Cl)c1. The summed E-state index contributed by atoms with van der Waals surface area (Å²) in [6, 6.07) is 7.05. The first kappa shape index (κ1) is 18.6. The molecule has 0 aromatic heterocycles. The number of hydrogen-bond donors (Lipinski definition) is 1. The molecule has 5 nitrogen and oxygen atoms in total. The number of hydrogen-bond acceptors (Lipinski definition) is 4. The Balaban J connectivity index is 1.18. The average molecular weight is 392 g/mol. The van der Waals surface area contributed by atoms with E-state index in [0.717, 1.165) is 19.3 Å². The third-order valence-electron chi connectivity index (χ3n) is 6.32. The van der Waals surface area contributed by atoms with Gasteiger partial charge in [-0.05, 0) is 74.5 Å². The molecule has 0 heterocycles. The molecule has 146 valence electrons. The summed E-state index contributed by atoms with van der Waals surface area (Å²) < 4.78 is 10.6. The number of carbonyl (C=O) groups excluding carboxylic acids is 2. The van der Waals surface area contributed by atoms with Gasteiger partial charge in [-0.15, -0.1) is 0 Å². The summed E-state index contributed by atoms with van der Waals surface area (Å²) in [5.74, 6) is 2.37. The number of carbonyl (C=O) groups is 2. The first-order valence-corrected chi connectivity index (χ1v) is 10.2. The van der Waals surface area contributed by atoms with Crippen molar-refractivity contribution in [3.8, 4) is 5.75 Å². The predicted molar refractivity (Wildman–Crippen MR) is 102 cm³/mol. The largest absolute Gasteiger partial charge is 0.490 e. The number of rotatable bonds is 7. The quantitative estimate of drug-likeness (QED) is 0.569. The minimum Gasteiger partial charge on any atom is -0.490 e. The van der Waals surface area contributed by atoms with Gasteiger partial charge >= 0.3 is 5.97 Å². The van der Waals surface area contributed by atoms with Gasteiger partial charge < -0.3 is 14.8 Å². The number of ether oxygens (including phenoxy) is 2. The van der Waals surface area contributed by atoms with Crippen molar-refractivity contribution in [2.24, 2.45) is 23.2 Å². The lowest BCUT2D eigenvalue weighted by molar-refractivity contribution is -0.151. The lowest BCUT2D eigenvalue weighted by Gasteiger charge is -2.55. The van der Waals surface area contributed by atoms with E-state index >= 15 is 0 Å². The van der Waals surface area contributed by atoms with Crippen LogP contribution in [-0.2, 0) is 14.3 Å². The average Bonchev–Trinajstić information content (AvgIpc) is 2.62. The second-order valence-corrected chi connectivity index (χ2v) is 8.84. The molecule has 1 N–H and O–H groups in total. The highest BCUT2D eigenvalue weighted by molar-refractivity contribution is 6.30. The number of esters is 1. The first-order valence-electron chi connectivity index (χ1n) is 9.85. The van der Waals surface area contributed by atoms with E-state index in [1.807, 2.05) is 0 Å². The van der Waals surface area contributed by atoms with Crippen LogP contribution in [0.4, 0.5) is 0 Å². The van der Waals surface area contributed by atoms with Gasteiger partial charge in [-0.3, -0.25) is 9.59 Å². The molecular weight excluding hydrogens is 366 g/mol. The molecule has 6 heteroatoms. The molecule has 4 aliphatic rings. The maximum atomic E-state index is 12.8. The highest BCUT2D eigenvalue weighted by Crippen LogP contribution is 2.60. The topological polar surface area (TPSA) is 64.6 Å². The van der Waals surface area contributed by atoms with Crippen LogP contribution in [0.1, 0.15) is 38.5 Å². The molecule has 1 aromatic rings. The van der Waals surface area contributed by atoms with Crippen LogP contribution in [0.3, 0.4) is 0 Å². The molecule has 1 amide bonds. The minimum atomic E-state index is -0.428. The van der Waals surface area contributed by atoms with Gasteiger partial charge in [0, 0.05) is 10.4 Å². The van der Waals surface area contributed by atoms with Crippen LogP contribution in [0.5, 0.6) is 5.75 Å². The van der Waals surface area contributed by atoms with E-state index in [1.54, 1.807) is 24.3 Å². The first-order chi connectivity index (χ1) is 13.0. The zero-order valence-electron chi connectivity index (χ0n) is 15.4. The zero-order valence-corrected chi connectivity index (χ0v) is 16.2. The van der Waals surface area contributed by atoms with E-state index in [-0.39, 0.29) is 31.1 Å². The molecule has 1 aromatic carbocycles. The Morgan fingerprint density at radius 2 is 1.74 bits per heavy atom. The Hall–Kier alpha value is -1.75. The smallest absolute Gasteiger partial charge is 0.325 e. The van der Waals surface area contributed by atoms with Gasteiger partial charge in [-0.1, -0.05) is 17.7 Å². The summed E-state index contributed by atoms with van der Waals surface area (Å²) in [6.07, 6.45) is 6.86. The van der Waals surface area contributed by atoms with Crippen molar-refractivity contribution < 1.29 is 19.1 Å². The van der Waals surface area contributed by atoms with Gasteiger partial charge in [0.2, 0.25) is 5.91 Å². The Morgan fingerprint density at radius 1 is 1.07 bits per heavy atom. The molecule has 0 spiro atoms. The highest BCUT2D eigenvalue weighted by atomic mass is 35.5. The van der Waals surface area contributed by atoms with Crippen LogP contribution in [0.2, 0.25) is 5.02 Å². The van der Waals surface area contributed by atoms with Gasteiger partial charge in [0.1, 0.15) is 25.5 Å². The van der Waals surface area contributed by atoms with Crippen LogP contribution in [0.15, 0.2) is 24.3 Å². The van der Waals surface area contributed by atoms with Crippen molar-refractivity contribution in [2.75, 3.05) is 19.8 Å². The van der Waals surface area contributed by atoms with Crippen molar-refractivity contribution in [3.63, 3.8) is 0 Å². The standard InChI is InChI=1S/C21H26ClNO4/c22-17-2-1-3-18(9-17)26-4-5-27-19(24)13-23-20(25)21-10-14-6-15(11-21)8-16(7-14)12-21/h1-3,9,14-16H,4-8,10-13H2,(H,23,25). The molecule has 0 atom stereocenters. The van der Waals surface area contributed by atoms with Crippen molar-refractivity contribution in [1.29, 1.82) is 0 Å². The van der Waals surface area contributed by atoms with Gasteiger partial charge in [0.25, 0.3) is 0 Å². The van der Waals surface area contributed by atoms with E-state index in [0.29, 0.717) is 28.5 Å². The third kappa shape index (κ3) is 4.23. The van der Waals surface area contributed by atoms with Gasteiger partial charge in [0.05, 0.1) is 0 Å². The van der Waals surface area contributed by atoms with Crippen LogP contribution in [0.25, 0.3) is 0 Å². The molecule has 5 rings (SSSR count). The number of amides is 1. The summed E-state index contributed by atoms with van der Waals surface area (Å²) in [4.78, 5) is 24.7. The molecule has 0 radical (unpaired) electrons. The van der Waals surface area contributed by atoms with Gasteiger partial charge in [0.15, 0.2) is 0 Å². The molecule has 4 saturated carbocycles. The van der Waals surface area contributed by atoms with E-state index in [9.17, 15) is 9.59 Å². The van der Waals surface area contributed by atoms with E-state index < -0.39 is 5.97 Å². The summed E-state index contributed by atoms with van der Waals surface area (Å²) >= 11 is 5.89. The Kier molecular flexibility index (Phi) is 5.31. The fourth-order valence-electron chi connectivity index (χ4n) is 5.65. The fourth-order valence-corrected chi connectivity index (χ4v) is 5.83. The molecular formula is C21H26ClNO4. The number of halogens is 1. The lowest BCUT2D eigenvalue weighted by atomic mass is 9.49. The van der Waals surface area contributed by atoms with Crippen LogP contribution >= 0.6 is 11.6 Å². The number of benzene rings is 1. The normalized spacial score (nSPS) is 30.8. The van der Waals surface area contributed by atoms with Gasteiger partial charge in [-0.25, -0.2) is 0 Å². The Morgan fingerprint density at radius 3 is 2.37 bits per heavy atom. The molecule has 0 saturated heterocycles. The third-order valence-corrected chi connectivity index (χ3v) is 6.56. The van der Waals surface area contributed by atoms with E-state index in [4.69, 9.17) is 21.1 Å². The van der Waals surface area contributed by atoms with Crippen molar-refractivity contribution >= 4 is 23.5 Å².